The average molecular weight is 457 g/mol. The van der Waals surface area contributed by atoms with Gasteiger partial charge in [-0.1, -0.05) is 42.8 Å². The third-order valence-corrected chi connectivity index (χ3v) is 5.72. The Morgan fingerprint density at radius 3 is 2.48 bits per heavy atom. The Labute approximate surface area is 195 Å². The molecular formula is C26H21ClN4O2. The predicted molar refractivity (Wildman–Crippen MR) is 130 cm³/mol. The number of amides is 1. The number of carbonyl (C=O) groups excluding carboxylic acids is 1. The first-order valence-corrected chi connectivity index (χ1v) is 11.0. The van der Waals surface area contributed by atoms with Gasteiger partial charge in [-0.2, -0.15) is 4.80 Å². The summed E-state index contributed by atoms with van der Waals surface area (Å²) in [6, 6.07) is 22.6. The van der Waals surface area contributed by atoms with E-state index in [0.29, 0.717) is 22.0 Å². The zero-order valence-corrected chi connectivity index (χ0v) is 18.9. The lowest BCUT2D eigenvalue weighted by atomic mass is 10.1. The van der Waals surface area contributed by atoms with E-state index < -0.39 is 0 Å². The summed E-state index contributed by atoms with van der Waals surface area (Å²) < 4.78 is 5.76. The van der Waals surface area contributed by atoms with Gasteiger partial charge in [0.05, 0.1) is 5.69 Å². The van der Waals surface area contributed by atoms with Crippen LogP contribution in [0.1, 0.15) is 28.6 Å². The number of aryl methyl sites for hydroxylation is 2. The highest BCUT2D eigenvalue weighted by Crippen LogP contribution is 2.27. The van der Waals surface area contributed by atoms with Crippen molar-refractivity contribution in [3.05, 3.63) is 94.7 Å². The molecule has 7 heteroatoms. The van der Waals surface area contributed by atoms with Crippen LogP contribution in [0.4, 0.5) is 5.69 Å². The molecule has 164 valence electrons. The van der Waals surface area contributed by atoms with Crippen LogP contribution in [0, 0.1) is 6.92 Å². The number of rotatable bonds is 5. The summed E-state index contributed by atoms with van der Waals surface area (Å²) in [4.78, 5) is 14.4. The molecular weight excluding hydrogens is 436 g/mol. The van der Waals surface area contributed by atoms with Gasteiger partial charge < -0.3 is 9.73 Å². The molecule has 0 aliphatic carbocycles. The van der Waals surface area contributed by atoms with Crippen molar-refractivity contribution in [1.29, 1.82) is 0 Å². The monoisotopic (exact) mass is 456 g/mol. The molecule has 0 saturated heterocycles. The highest BCUT2D eigenvalue weighted by molar-refractivity contribution is 6.30. The lowest BCUT2D eigenvalue weighted by Crippen LogP contribution is -2.11. The molecule has 2 aromatic heterocycles. The first-order chi connectivity index (χ1) is 16.0. The number of nitrogens with one attached hydrogen (secondary N) is 1. The maximum Gasteiger partial charge on any atom is 0.291 e. The van der Waals surface area contributed by atoms with E-state index in [4.69, 9.17) is 16.0 Å². The molecule has 1 N–H and O–H groups in total. The lowest BCUT2D eigenvalue weighted by molar-refractivity contribution is 0.0997. The third-order valence-electron chi connectivity index (χ3n) is 5.49. The lowest BCUT2D eigenvalue weighted by Gasteiger charge is -2.06. The van der Waals surface area contributed by atoms with E-state index in [1.807, 2.05) is 43.3 Å². The second-order valence-corrected chi connectivity index (χ2v) is 8.23. The average Bonchev–Trinajstić information content (AvgIpc) is 3.47. The van der Waals surface area contributed by atoms with Gasteiger partial charge in [-0.05, 0) is 73.0 Å². The molecule has 0 bridgehead atoms. The van der Waals surface area contributed by atoms with Crippen molar-refractivity contribution in [2.45, 2.75) is 20.3 Å². The topological polar surface area (TPSA) is 73.0 Å². The van der Waals surface area contributed by atoms with E-state index in [2.05, 4.69) is 34.6 Å². The summed E-state index contributed by atoms with van der Waals surface area (Å²) in [6.07, 6.45) is 0.979. The van der Waals surface area contributed by atoms with Crippen molar-refractivity contribution in [2.24, 2.45) is 0 Å². The largest absolute Gasteiger partial charge is 0.451 e. The van der Waals surface area contributed by atoms with Crippen molar-refractivity contribution in [3.63, 3.8) is 0 Å². The minimum Gasteiger partial charge on any atom is -0.451 e. The minimum absolute atomic E-state index is 0.212. The third kappa shape index (κ3) is 4.25. The quantitative estimate of drug-likeness (QED) is 0.329. The van der Waals surface area contributed by atoms with Crippen LogP contribution < -0.4 is 5.32 Å². The van der Waals surface area contributed by atoms with Crippen LogP contribution in [-0.2, 0) is 6.42 Å². The van der Waals surface area contributed by atoms with Gasteiger partial charge in [0, 0.05) is 16.3 Å². The smallest absolute Gasteiger partial charge is 0.291 e. The fourth-order valence-corrected chi connectivity index (χ4v) is 3.81. The van der Waals surface area contributed by atoms with Gasteiger partial charge in [0.2, 0.25) is 0 Å². The van der Waals surface area contributed by atoms with Gasteiger partial charge in [-0.3, -0.25) is 4.79 Å². The molecule has 3 aromatic carbocycles. The molecule has 0 atom stereocenters. The first kappa shape index (κ1) is 21.0. The maximum absolute atomic E-state index is 12.8. The molecule has 0 aliphatic rings. The maximum atomic E-state index is 12.8. The normalized spacial score (nSPS) is 11.1. The number of carbonyl (C=O) groups is 1. The Hall–Kier alpha value is -3.90. The summed E-state index contributed by atoms with van der Waals surface area (Å²) in [5, 5.41) is 12.7. The second-order valence-electron chi connectivity index (χ2n) is 7.79. The number of aromatic nitrogens is 3. The van der Waals surface area contributed by atoms with Crippen molar-refractivity contribution >= 4 is 34.2 Å². The predicted octanol–water partition coefficient (Wildman–Crippen LogP) is 6.46. The van der Waals surface area contributed by atoms with Crippen LogP contribution in [0.5, 0.6) is 0 Å². The number of furan rings is 1. The van der Waals surface area contributed by atoms with Crippen molar-refractivity contribution in [1.82, 2.24) is 15.0 Å². The van der Waals surface area contributed by atoms with Crippen LogP contribution >= 0.6 is 11.6 Å². The van der Waals surface area contributed by atoms with Gasteiger partial charge in [-0.15, -0.1) is 10.2 Å². The zero-order valence-electron chi connectivity index (χ0n) is 18.2. The van der Waals surface area contributed by atoms with Gasteiger partial charge in [-0.25, -0.2) is 0 Å². The molecule has 0 radical (unpaired) electrons. The highest BCUT2D eigenvalue weighted by atomic mass is 35.5. The Balaban J connectivity index is 1.39. The minimum atomic E-state index is -0.340. The molecule has 5 aromatic rings. The zero-order chi connectivity index (χ0) is 22.9. The van der Waals surface area contributed by atoms with E-state index in [9.17, 15) is 4.79 Å². The summed E-state index contributed by atoms with van der Waals surface area (Å²) in [5.41, 5.74) is 5.93. The SMILES string of the molecule is CCc1ccc(-n2nc3cc(C)c(NC(=O)c4ccc(-c5cccc(Cl)c5)o4)cc3n2)cc1. The van der Waals surface area contributed by atoms with Crippen molar-refractivity contribution < 1.29 is 9.21 Å². The molecule has 0 saturated carbocycles. The fraction of sp³-hybridized carbons (Fsp3) is 0.115. The van der Waals surface area contributed by atoms with Crippen LogP contribution in [-0.4, -0.2) is 20.9 Å². The first-order valence-electron chi connectivity index (χ1n) is 10.6. The number of benzene rings is 3. The van der Waals surface area contributed by atoms with Gasteiger partial charge in [0.15, 0.2) is 5.76 Å². The number of halogens is 1. The molecule has 0 spiro atoms. The summed E-state index contributed by atoms with van der Waals surface area (Å²) in [7, 11) is 0. The molecule has 2 heterocycles. The van der Waals surface area contributed by atoms with Gasteiger partial charge >= 0.3 is 0 Å². The Morgan fingerprint density at radius 1 is 1.00 bits per heavy atom. The molecule has 0 unspecified atom stereocenters. The van der Waals surface area contributed by atoms with Crippen molar-refractivity contribution in [2.75, 3.05) is 5.32 Å². The molecule has 0 aliphatic heterocycles. The molecule has 0 fully saturated rings. The van der Waals surface area contributed by atoms with E-state index in [1.54, 1.807) is 29.1 Å². The van der Waals surface area contributed by atoms with Gasteiger partial charge in [0.25, 0.3) is 5.91 Å². The second kappa shape index (κ2) is 8.56. The van der Waals surface area contributed by atoms with Crippen LogP contribution in [0.25, 0.3) is 28.0 Å². The standard InChI is InChI=1S/C26H21ClN4O2/c1-3-17-7-9-20(10-8-17)31-29-22-13-16(2)21(15-23(22)30-31)28-26(32)25-12-11-24(33-25)18-5-4-6-19(27)14-18/h4-15H,3H2,1-2H3,(H,28,32). The number of fused-ring (bicyclic) bond motifs is 1. The van der Waals surface area contributed by atoms with Crippen LogP contribution in [0.15, 0.2) is 77.2 Å². The number of hydrogen-bond donors (Lipinski definition) is 1. The molecule has 6 nitrogen and oxygen atoms in total. The summed E-state index contributed by atoms with van der Waals surface area (Å²) in [5.74, 6) is 0.448. The number of hydrogen-bond acceptors (Lipinski definition) is 4. The Kier molecular flexibility index (Phi) is 5.44. The molecule has 5 rings (SSSR count). The summed E-state index contributed by atoms with van der Waals surface area (Å²) >= 11 is 6.06. The fourth-order valence-electron chi connectivity index (χ4n) is 3.62. The van der Waals surface area contributed by atoms with E-state index >= 15 is 0 Å². The summed E-state index contributed by atoms with van der Waals surface area (Å²) in [6.45, 7) is 4.04. The van der Waals surface area contributed by atoms with E-state index in [1.165, 1.54) is 5.56 Å². The Morgan fingerprint density at radius 2 is 1.76 bits per heavy atom. The van der Waals surface area contributed by atoms with Crippen molar-refractivity contribution in [3.8, 4) is 17.0 Å². The van der Waals surface area contributed by atoms with Crippen LogP contribution in [0.3, 0.4) is 0 Å². The molecule has 1 amide bonds. The highest BCUT2D eigenvalue weighted by Gasteiger charge is 2.15. The van der Waals surface area contributed by atoms with E-state index in [-0.39, 0.29) is 11.7 Å². The molecule has 33 heavy (non-hydrogen) atoms. The Bertz CT molecular complexity index is 1470. The number of nitrogens with zero attached hydrogens (tertiary/aromatic N) is 3. The van der Waals surface area contributed by atoms with E-state index in [0.717, 1.165) is 28.8 Å². The van der Waals surface area contributed by atoms with Crippen LogP contribution in [0.2, 0.25) is 5.02 Å². The number of anilines is 1. The van der Waals surface area contributed by atoms with Gasteiger partial charge in [0.1, 0.15) is 16.8 Å².